The van der Waals surface area contributed by atoms with Gasteiger partial charge in [0.2, 0.25) is 0 Å². The van der Waals surface area contributed by atoms with E-state index in [9.17, 15) is 0 Å². The first-order valence-corrected chi connectivity index (χ1v) is 17.7. The molecule has 3 heterocycles. The van der Waals surface area contributed by atoms with Crippen molar-refractivity contribution in [2.75, 3.05) is 0 Å². The quantitative estimate of drug-likeness (QED) is 0.176. The predicted octanol–water partition coefficient (Wildman–Crippen LogP) is 11.8. The van der Waals surface area contributed by atoms with Crippen molar-refractivity contribution < 1.29 is 0 Å². The van der Waals surface area contributed by atoms with E-state index in [2.05, 4.69) is 138 Å². The van der Waals surface area contributed by atoms with Gasteiger partial charge in [-0.25, -0.2) is 19.9 Å². The van der Waals surface area contributed by atoms with Crippen LogP contribution in [0.25, 0.3) is 95.1 Å². The summed E-state index contributed by atoms with van der Waals surface area (Å²) >= 11 is 0. The summed E-state index contributed by atoms with van der Waals surface area (Å²) in [4.78, 5) is 20.5. The van der Waals surface area contributed by atoms with Crippen molar-refractivity contribution >= 4 is 27.3 Å². The molecule has 0 aliphatic carbocycles. The van der Waals surface area contributed by atoms with Gasteiger partial charge >= 0.3 is 0 Å². The number of nitrogens with zero attached hydrogens (tertiary/aromatic N) is 5. The summed E-state index contributed by atoms with van der Waals surface area (Å²) < 4.78 is 2.23. The third-order valence-electron chi connectivity index (χ3n) is 9.82. The van der Waals surface area contributed by atoms with Gasteiger partial charge in [0.05, 0.1) is 16.9 Å². The van der Waals surface area contributed by atoms with Gasteiger partial charge in [0.25, 0.3) is 0 Å². The van der Waals surface area contributed by atoms with Crippen LogP contribution in [0.1, 0.15) is 0 Å². The van der Waals surface area contributed by atoms with Gasteiger partial charge < -0.3 is 0 Å². The minimum absolute atomic E-state index is 0.701. The molecule has 0 aliphatic rings. The summed E-state index contributed by atoms with van der Waals surface area (Å²) in [5.74, 6) is 2.25. The van der Waals surface area contributed by atoms with E-state index in [1.807, 2.05) is 54.6 Å². The largest absolute Gasteiger partial charge is 0.277 e. The molecule has 0 fully saturated rings. The van der Waals surface area contributed by atoms with E-state index in [1.165, 1.54) is 0 Å². The lowest BCUT2D eigenvalue weighted by Crippen LogP contribution is -2.03. The van der Waals surface area contributed by atoms with Crippen LogP contribution >= 0.6 is 0 Å². The molecular formula is C48H31N5. The molecule has 0 N–H and O–H groups in total. The number of aromatic nitrogens is 5. The fourth-order valence-corrected chi connectivity index (χ4v) is 7.28. The van der Waals surface area contributed by atoms with E-state index < -0.39 is 0 Å². The average molecular weight is 678 g/mol. The molecule has 10 aromatic rings. The Hall–Kier alpha value is -7.24. The Bertz CT molecular complexity index is 2920. The molecule has 53 heavy (non-hydrogen) atoms. The van der Waals surface area contributed by atoms with Gasteiger partial charge in [-0.3, -0.25) is 4.40 Å². The second kappa shape index (κ2) is 12.8. The van der Waals surface area contributed by atoms with Crippen molar-refractivity contribution in [3.63, 3.8) is 0 Å². The summed E-state index contributed by atoms with van der Waals surface area (Å²) in [7, 11) is 0. The van der Waals surface area contributed by atoms with Crippen LogP contribution in [0.15, 0.2) is 188 Å². The van der Waals surface area contributed by atoms with Crippen LogP contribution in [0.4, 0.5) is 0 Å². The molecule has 248 valence electrons. The summed E-state index contributed by atoms with van der Waals surface area (Å²) in [6.07, 6.45) is 0. The molecule has 0 bridgehead atoms. The fourth-order valence-electron chi connectivity index (χ4n) is 7.28. The Balaban J connectivity index is 1.10. The van der Waals surface area contributed by atoms with E-state index in [0.29, 0.717) is 11.6 Å². The molecule has 7 aromatic carbocycles. The van der Waals surface area contributed by atoms with Gasteiger partial charge in [-0.1, -0.05) is 176 Å². The molecule has 0 saturated carbocycles. The molecular weight excluding hydrogens is 647 g/mol. The number of hydrogen-bond acceptors (Lipinski definition) is 4. The first-order chi connectivity index (χ1) is 26.3. The Morgan fingerprint density at radius 3 is 1.58 bits per heavy atom. The molecule has 3 aromatic heterocycles. The number of rotatable bonds is 6. The second-order valence-electron chi connectivity index (χ2n) is 13.1. The van der Waals surface area contributed by atoms with Crippen molar-refractivity contribution in [3.05, 3.63) is 188 Å². The first-order valence-electron chi connectivity index (χ1n) is 17.7. The van der Waals surface area contributed by atoms with Crippen molar-refractivity contribution in [1.82, 2.24) is 24.3 Å². The van der Waals surface area contributed by atoms with Crippen molar-refractivity contribution in [1.29, 1.82) is 0 Å². The fraction of sp³-hybridized carbons (Fsp3) is 0. The highest BCUT2D eigenvalue weighted by atomic mass is 15.1. The zero-order valence-electron chi connectivity index (χ0n) is 28.6. The maximum atomic E-state index is 5.23. The molecule has 0 radical (unpaired) electrons. The highest BCUT2D eigenvalue weighted by molar-refractivity contribution is 6.06. The molecule has 0 atom stereocenters. The summed E-state index contributed by atoms with van der Waals surface area (Å²) in [6.45, 7) is 0. The monoisotopic (exact) mass is 677 g/mol. The van der Waals surface area contributed by atoms with Crippen LogP contribution in [0.3, 0.4) is 0 Å². The molecule has 5 nitrogen and oxygen atoms in total. The third-order valence-corrected chi connectivity index (χ3v) is 9.82. The summed E-state index contributed by atoms with van der Waals surface area (Å²) in [5.41, 5.74) is 11.1. The Kier molecular flexibility index (Phi) is 7.40. The smallest absolute Gasteiger partial charge is 0.163 e. The van der Waals surface area contributed by atoms with E-state index >= 15 is 0 Å². The molecule has 0 amide bonds. The van der Waals surface area contributed by atoms with Crippen LogP contribution < -0.4 is 0 Å². The van der Waals surface area contributed by atoms with Gasteiger partial charge in [-0.2, -0.15) is 0 Å². The van der Waals surface area contributed by atoms with Gasteiger partial charge in [0.15, 0.2) is 11.6 Å². The van der Waals surface area contributed by atoms with Crippen molar-refractivity contribution in [2.24, 2.45) is 0 Å². The van der Waals surface area contributed by atoms with E-state index in [-0.39, 0.29) is 0 Å². The SMILES string of the molecule is c1ccc(-c2nc(-c3ccccc3)n3c(-c4cccc(-c5ccc(-c6nc(-c7ccccc7)c7ccccc7n6)cc5)c4)c4ccccc4c3n2)cc1. The van der Waals surface area contributed by atoms with Crippen LogP contribution in [0.2, 0.25) is 0 Å². The lowest BCUT2D eigenvalue weighted by atomic mass is 9.99. The van der Waals surface area contributed by atoms with E-state index in [0.717, 1.165) is 83.5 Å². The Labute approximate surface area is 306 Å². The second-order valence-corrected chi connectivity index (χ2v) is 13.1. The van der Waals surface area contributed by atoms with Crippen molar-refractivity contribution in [2.45, 2.75) is 0 Å². The molecule has 0 aliphatic heterocycles. The van der Waals surface area contributed by atoms with Gasteiger partial charge in [0, 0.05) is 38.4 Å². The molecule has 0 unspecified atom stereocenters. The number of para-hydroxylation sites is 1. The number of benzene rings is 7. The number of fused-ring (bicyclic) bond motifs is 4. The van der Waals surface area contributed by atoms with Crippen LogP contribution in [0.5, 0.6) is 0 Å². The maximum Gasteiger partial charge on any atom is 0.163 e. The first kappa shape index (κ1) is 30.6. The van der Waals surface area contributed by atoms with Crippen LogP contribution in [0, 0.1) is 0 Å². The Morgan fingerprint density at radius 2 is 0.849 bits per heavy atom. The van der Waals surface area contributed by atoms with Gasteiger partial charge in [-0.15, -0.1) is 0 Å². The lowest BCUT2D eigenvalue weighted by Gasteiger charge is -2.13. The third kappa shape index (κ3) is 5.43. The van der Waals surface area contributed by atoms with E-state index in [4.69, 9.17) is 19.9 Å². The molecule has 0 saturated heterocycles. The highest BCUT2D eigenvalue weighted by Crippen LogP contribution is 2.39. The van der Waals surface area contributed by atoms with Gasteiger partial charge in [0.1, 0.15) is 11.5 Å². The van der Waals surface area contributed by atoms with Crippen LogP contribution in [-0.2, 0) is 0 Å². The minimum Gasteiger partial charge on any atom is -0.277 e. The predicted molar refractivity (Wildman–Crippen MR) is 216 cm³/mol. The normalized spacial score (nSPS) is 11.4. The average Bonchev–Trinajstić information content (AvgIpc) is 3.58. The van der Waals surface area contributed by atoms with Crippen molar-refractivity contribution in [3.8, 4) is 67.8 Å². The molecule has 10 rings (SSSR count). The zero-order valence-corrected chi connectivity index (χ0v) is 28.6. The van der Waals surface area contributed by atoms with Crippen LogP contribution in [-0.4, -0.2) is 24.3 Å². The zero-order chi connectivity index (χ0) is 35.1. The minimum atomic E-state index is 0.701. The summed E-state index contributed by atoms with van der Waals surface area (Å²) in [6, 6.07) is 65.0. The molecule has 0 spiro atoms. The lowest BCUT2D eigenvalue weighted by molar-refractivity contribution is 1.05. The molecule has 5 heteroatoms. The standard InChI is InChI=1S/C48H31N5/c1-4-15-33(16-5-1)43-41-25-12-13-26-42(41)49-45(50-43)35-29-27-32(28-30-35)37-21-14-22-38(31-37)44-39-23-10-11-24-40(39)48-52-46(34-17-6-2-7-18-34)51-47(53(44)48)36-19-8-3-9-20-36/h1-31H. The van der Waals surface area contributed by atoms with Gasteiger partial charge in [-0.05, 0) is 28.8 Å². The number of hydrogen-bond donors (Lipinski definition) is 0. The highest BCUT2D eigenvalue weighted by Gasteiger charge is 2.21. The maximum absolute atomic E-state index is 5.23. The topological polar surface area (TPSA) is 56.0 Å². The summed E-state index contributed by atoms with van der Waals surface area (Å²) in [5, 5.41) is 3.25. The Morgan fingerprint density at radius 1 is 0.321 bits per heavy atom. The van der Waals surface area contributed by atoms with E-state index in [1.54, 1.807) is 0 Å².